The molecule has 1 aromatic rings. The zero-order chi connectivity index (χ0) is 18.7. The Labute approximate surface area is 158 Å². The third kappa shape index (κ3) is 3.75. The van der Waals surface area contributed by atoms with Gasteiger partial charge in [-0.3, -0.25) is 14.5 Å². The number of fused-ring (bicyclic) bond motifs is 1. The van der Waals surface area contributed by atoms with Gasteiger partial charge in [-0.15, -0.1) is 11.8 Å². The average molecular weight is 378 g/mol. The van der Waals surface area contributed by atoms with E-state index >= 15 is 0 Å². The van der Waals surface area contributed by atoms with Crippen LogP contribution in [0.2, 0.25) is 0 Å². The molecule has 0 spiro atoms. The standard InChI is InChI=1S/C19H26N2O4S/c1-25-8-7-20-10-15-11-21(13-19(15,12-20)18(23)24)17(22)9-14-3-5-16(26-2)6-4-14/h3-6,15H,7-13H2,1-2H3,(H,23,24)/t15-,19-/m1/s1. The maximum atomic E-state index is 12.7. The number of ether oxygens (including phenoxy) is 1. The molecule has 26 heavy (non-hydrogen) atoms. The number of carbonyl (C=O) groups is 2. The zero-order valence-electron chi connectivity index (χ0n) is 15.3. The molecule has 0 radical (unpaired) electrons. The van der Waals surface area contributed by atoms with Crippen LogP contribution in [-0.2, 0) is 20.7 Å². The van der Waals surface area contributed by atoms with E-state index in [1.807, 2.05) is 30.5 Å². The van der Waals surface area contributed by atoms with E-state index in [2.05, 4.69) is 4.90 Å². The topological polar surface area (TPSA) is 70.1 Å². The predicted octanol–water partition coefficient (Wildman–Crippen LogP) is 1.44. The Bertz CT molecular complexity index is 666. The highest BCUT2D eigenvalue weighted by atomic mass is 32.2. The first kappa shape index (κ1) is 19.2. The summed E-state index contributed by atoms with van der Waals surface area (Å²) in [4.78, 5) is 29.8. The number of thioether (sulfide) groups is 1. The largest absolute Gasteiger partial charge is 0.481 e. The van der Waals surface area contributed by atoms with E-state index in [1.54, 1.807) is 23.8 Å². The van der Waals surface area contributed by atoms with Crippen molar-refractivity contribution in [3.63, 3.8) is 0 Å². The Morgan fingerprint density at radius 1 is 1.27 bits per heavy atom. The number of rotatable bonds is 7. The number of amides is 1. The van der Waals surface area contributed by atoms with Gasteiger partial charge >= 0.3 is 5.97 Å². The van der Waals surface area contributed by atoms with Gasteiger partial charge in [0, 0.05) is 50.6 Å². The van der Waals surface area contributed by atoms with Crippen molar-refractivity contribution >= 4 is 23.6 Å². The molecular formula is C19H26N2O4S. The zero-order valence-corrected chi connectivity index (χ0v) is 16.1. The summed E-state index contributed by atoms with van der Waals surface area (Å²) >= 11 is 1.67. The van der Waals surface area contributed by atoms with Crippen LogP contribution in [0.3, 0.4) is 0 Å². The Hall–Kier alpha value is -1.57. The highest BCUT2D eigenvalue weighted by Crippen LogP contribution is 2.42. The number of carboxylic acid groups (broad SMARTS) is 1. The molecule has 2 fully saturated rings. The van der Waals surface area contributed by atoms with Crippen molar-refractivity contribution in [2.24, 2.45) is 11.3 Å². The molecule has 1 N–H and O–H groups in total. The second-order valence-electron chi connectivity index (χ2n) is 7.19. The van der Waals surface area contributed by atoms with Crippen LogP contribution in [0.1, 0.15) is 5.56 Å². The molecule has 2 heterocycles. The number of nitrogens with zero attached hydrogens (tertiary/aromatic N) is 2. The number of carboxylic acids is 1. The number of benzene rings is 1. The van der Waals surface area contributed by atoms with E-state index in [0.29, 0.717) is 39.2 Å². The second-order valence-corrected chi connectivity index (χ2v) is 8.06. The molecule has 2 saturated heterocycles. The predicted molar refractivity (Wildman–Crippen MR) is 100 cm³/mol. The summed E-state index contributed by atoms with van der Waals surface area (Å²) in [5, 5.41) is 9.87. The molecule has 1 amide bonds. The van der Waals surface area contributed by atoms with Crippen molar-refractivity contribution in [2.75, 3.05) is 52.7 Å². The van der Waals surface area contributed by atoms with Crippen LogP contribution in [-0.4, -0.2) is 79.5 Å². The van der Waals surface area contributed by atoms with E-state index in [0.717, 1.165) is 17.0 Å². The molecule has 2 atom stereocenters. The summed E-state index contributed by atoms with van der Waals surface area (Å²) in [6, 6.07) is 7.97. The normalized spacial score (nSPS) is 25.5. The van der Waals surface area contributed by atoms with E-state index < -0.39 is 11.4 Å². The van der Waals surface area contributed by atoms with Crippen molar-refractivity contribution in [3.05, 3.63) is 29.8 Å². The first-order valence-electron chi connectivity index (χ1n) is 8.84. The average Bonchev–Trinajstić information content (AvgIpc) is 3.16. The smallest absolute Gasteiger partial charge is 0.313 e. The van der Waals surface area contributed by atoms with Gasteiger partial charge in [-0.25, -0.2) is 0 Å². The van der Waals surface area contributed by atoms with Gasteiger partial charge in [0.1, 0.15) is 5.41 Å². The third-order valence-electron chi connectivity index (χ3n) is 5.58. The minimum atomic E-state index is -0.841. The van der Waals surface area contributed by atoms with Crippen LogP contribution in [0.25, 0.3) is 0 Å². The fourth-order valence-electron chi connectivity index (χ4n) is 4.08. The molecule has 142 valence electrons. The number of carbonyl (C=O) groups excluding carboxylic acids is 1. The quantitative estimate of drug-likeness (QED) is 0.724. The molecule has 0 aromatic heterocycles. The maximum absolute atomic E-state index is 12.7. The second kappa shape index (κ2) is 7.98. The number of likely N-dealkylation sites (tertiary alicyclic amines) is 2. The van der Waals surface area contributed by atoms with Crippen molar-refractivity contribution in [1.82, 2.24) is 9.80 Å². The van der Waals surface area contributed by atoms with Gasteiger partial charge in [-0.2, -0.15) is 0 Å². The van der Waals surface area contributed by atoms with E-state index in [1.165, 1.54) is 0 Å². The first-order valence-corrected chi connectivity index (χ1v) is 10.1. The lowest BCUT2D eigenvalue weighted by Crippen LogP contribution is -2.42. The summed E-state index contributed by atoms with van der Waals surface area (Å²) in [7, 11) is 1.65. The van der Waals surface area contributed by atoms with Crippen LogP contribution >= 0.6 is 11.8 Å². The summed E-state index contributed by atoms with van der Waals surface area (Å²) in [6.45, 7) is 3.36. The Morgan fingerprint density at radius 3 is 2.58 bits per heavy atom. The third-order valence-corrected chi connectivity index (χ3v) is 6.33. The molecule has 1 aromatic carbocycles. The summed E-state index contributed by atoms with van der Waals surface area (Å²) in [6.07, 6.45) is 2.34. The summed E-state index contributed by atoms with van der Waals surface area (Å²) in [5.41, 5.74) is 0.127. The summed E-state index contributed by atoms with van der Waals surface area (Å²) in [5.74, 6) is -0.790. The summed E-state index contributed by atoms with van der Waals surface area (Å²) < 4.78 is 5.11. The van der Waals surface area contributed by atoms with Crippen molar-refractivity contribution < 1.29 is 19.4 Å². The van der Waals surface area contributed by atoms with Gasteiger partial charge < -0.3 is 14.7 Å². The van der Waals surface area contributed by atoms with Gasteiger partial charge in [-0.1, -0.05) is 12.1 Å². The van der Waals surface area contributed by atoms with Crippen molar-refractivity contribution in [3.8, 4) is 0 Å². The van der Waals surface area contributed by atoms with E-state index in [9.17, 15) is 14.7 Å². The Morgan fingerprint density at radius 2 is 2.00 bits per heavy atom. The van der Waals surface area contributed by atoms with Gasteiger partial charge in [0.2, 0.25) is 5.91 Å². The SMILES string of the molecule is COCCN1C[C@@H]2CN(C(=O)Cc3ccc(SC)cc3)C[C@]2(C(=O)O)C1. The van der Waals surface area contributed by atoms with Gasteiger partial charge in [0.05, 0.1) is 13.0 Å². The lowest BCUT2D eigenvalue weighted by atomic mass is 9.81. The van der Waals surface area contributed by atoms with Crippen LogP contribution in [0.4, 0.5) is 0 Å². The molecule has 7 heteroatoms. The van der Waals surface area contributed by atoms with Crippen molar-refractivity contribution in [1.29, 1.82) is 0 Å². The molecule has 6 nitrogen and oxygen atoms in total. The molecular weight excluding hydrogens is 352 g/mol. The minimum absolute atomic E-state index is 0.0142. The van der Waals surface area contributed by atoms with Gasteiger partial charge in [-0.05, 0) is 24.0 Å². The van der Waals surface area contributed by atoms with Gasteiger partial charge in [0.25, 0.3) is 0 Å². The molecule has 3 rings (SSSR count). The number of aliphatic carboxylic acids is 1. The fourth-order valence-corrected chi connectivity index (χ4v) is 4.49. The number of hydrogen-bond donors (Lipinski definition) is 1. The Kier molecular flexibility index (Phi) is 5.89. The first-order chi connectivity index (χ1) is 12.5. The molecule has 2 aliphatic rings. The number of hydrogen-bond acceptors (Lipinski definition) is 5. The highest BCUT2D eigenvalue weighted by molar-refractivity contribution is 7.98. The number of methoxy groups -OCH3 is 1. The monoisotopic (exact) mass is 378 g/mol. The van der Waals surface area contributed by atoms with Crippen LogP contribution in [0.5, 0.6) is 0 Å². The van der Waals surface area contributed by atoms with Gasteiger partial charge in [0.15, 0.2) is 0 Å². The van der Waals surface area contributed by atoms with Crippen molar-refractivity contribution in [2.45, 2.75) is 11.3 Å². The highest BCUT2D eigenvalue weighted by Gasteiger charge is 2.58. The maximum Gasteiger partial charge on any atom is 0.313 e. The van der Waals surface area contributed by atoms with E-state index in [-0.39, 0.29) is 11.8 Å². The van der Waals surface area contributed by atoms with Crippen LogP contribution in [0.15, 0.2) is 29.2 Å². The van der Waals surface area contributed by atoms with Crippen LogP contribution in [0, 0.1) is 11.3 Å². The lowest BCUT2D eigenvalue weighted by Gasteiger charge is -2.25. The molecule has 0 aliphatic carbocycles. The minimum Gasteiger partial charge on any atom is -0.481 e. The fraction of sp³-hybridized carbons (Fsp3) is 0.579. The molecule has 2 aliphatic heterocycles. The molecule has 0 unspecified atom stereocenters. The lowest BCUT2D eigenvalue weighted by molar-refractivity contribution is -0.149. The van der Waals surface area contributed by atoms with Crippen LogP contribution < -0.4 is 0 Å². The molecule has 0 saturated carbocycles. The Balaban J connectivity index is 1.64. The molecule has 0 bridgehead atoms. The van der Waals surface area contributed by atoms with E-state index in [4.69, 9.17) is 4.74 Å².